The van der Waals surface area contributed by atoms with E-state index in [4.69, 9.17) is 0 Å². The largest absolute Gasteiger partial charge is 0.389 e. The summed E-state index contributed by atoms with van der Waals surface area (Å²) < 4.78 is 0. The van der Waals surface area contributed by atoms with Crippen LogP contribution in [0.2, 0.25) is 0 Å². The van der Waals surface area contributed by atoms with E-state index in [0.29, 0.717) is 18.9 Å². The lowest BCUT2D eigenvalue weighted by Crippen LogP contribution is -2.55. The minimum absolute atomic E-state index is 0.116. The van der Waals surface area contributed by atoms with Crippen LogP contribution in [0, 0.1) is 11.8 Å². The van der Waals surface area contributed by atoms with E-state index in [1.807, 2.05) is 4.90 Å². The Morgan fingerprint density at radius 1 is 1.22 bits per heavy atom. The minimum Gasteiger partial charge on any atom is -0.389 e. The number of aromatic nitrogens is 2. The Bertz CT molecular complexity index is 517. The summed E-state index contributed by atoms with van der Waals surface area (Å²) in [5.74, 6) is 1.61. The Kier molecular flexibility index (Phi) is 5.10. The highest BCUT2D eigenvalue weighted by Crippen LogP contribution is 2.28. The first-order valence-corrected chi connectivity index (χ1v) is 8.64. The molecule has 0 spiro atoms. The number of anilines is 1. The van der Waals surface area contributed by atoms with Crippen LogP contribution in [0.5, 0.6) is 0 Å². The topological polar surface area (TPSA) is 78.4 Å². The van der Waals surface area contributed by atoms with Crippen molar-refractivity contribution in [2.75, 3.05) is 18.0 Å². The molecule has 6 nitrogen and oxygen atoms in total. The molecule has 1 aliphatic carbocycles. The van der Waals surface area contributed by atoms with E-state index in [2.05, 4.69) is 22.2 Å². The lowest BCUT2D eigenvalue weighted by molar-refractivity contribution is -0.128. The van der Waals surface area contributed by atoms with Gasteiger partial charge in [-0.2, -0.15) is 0 Å². The van der Waals surface area contributed by atoms with Gasteiger partial charge < -0.3 is 15.3 Å². The van der Waals surface area contributed by atoms with Crippen LogP contribution in [0.25, 0.3) is 0 Å². The summed E-state index contributed by atoms with van der Waals surface area (Å²) in [5.41, 5.74) is 0. The molecule has 1 aromatic heterocycles. The van der Waals surface area contributed by atoms with Crippen LogP contribution >= 0.6 is 0 Å². The maximum atomic E-state index is 12.4. The smallest absolute Gasteiger partial charge is 0.225 e. The van der Waals surface area contributed by atoms with Crippen molar-refractivity contribution < 1.29 is 9.90 Å². The Labute approximate surface area is 137 Å². The summed E-state index contributed by atoms with van der Waals surface area (Å²) in [5, 5.41) is 13.4. The molecule has 1 aromatic rings. The molecule has 2 fully saturated rings. The fourth-order valence-electron chi connectivity index (χ4n) is 3.56. The highest BCUT2D eigenvalue weighted by atomic mass is 16.3. The van der Waals surface area contributed by atoms with Gasteiger partial charge >= 0.3 is 0 Å². The first kappa shape index (κ1) is 16.2. The van der Waals surface area contributed by atoms with Crippen LogP contribution in [-0.2, 0) is 4.79 Å². The number of carbonyl (C=O) groups is 1. The van der Waals surface area contributed by atoms with Gasteiger partial charge in [0.15, 0.2) is 0 Å². The summed E-state index contributed by atoms with van der Waals surface area (Å²) in [7, 11) is 0. The van der Waals surface area contributed by atoms with Crippen LogP contribution in [0.15, 0.2) is 18.5 Å². The van der Waals surface area contributed by atoms with Gasteiger partial charge in [-0.25, -0.2) is 9.97 Å². The average molecular weight is 318 g/mol. The van der Waals surface area contributed by atoms with E-state index in [0.717, 1.165) is 38.1 Å². The second-order valence-corrected chi connectivity index (χ2v) is 6.92. The molecule has 126 valence electrons. The molecule has 6 heteroatoms. The van der Waals surface area contributed by atoms with Gasteiger partial charge in [0, 0.05) is 31.4 Å². The molecule has 0 aromatic carbocycles. The molecule has 2 N–H and O–H groups in total. The zero-order chi connectivity index (χ0) is 16.2. The third-order valence-corrected chi connectivity index (χ3v) is 5.13. The molecule has 2 aliphatic rings. The lowest BCUT2D eigenvalue weighted by Gasteiger charge is -2.37. The highest BCUT2D eigenvalue weighted by Gasteiger charge is 2.32. The Hall–Kier alpha value is -1.69. The van der Waals surface area contributed by atoms with Crippen molar-refractivity contribution in [1.82, 2.24) is 15.3 Å². The first-order chi connectivity index (χ1) is 11.1. The number of carbonyl (C=O) groups excluding carboxylic acids is 1. The standard InChI is InChI=1S/C17H26N4O2/c1-12-3-5-13(6-4-12)16(23)20-14-7-10-21(11-15(14)22)17-18-8-2-9-19-17/h2,8-9,12-15,22H,3-7,10-11H2,1H3,(H,20,23). The maximum absolute atomic E-state index is 12.4. The van der Waals surface area contributed by atoms with E-state index in [1.165, 1.54) is 0 Å². The second-order valence-electron chi connectivity index (χ2n) is 6.92. The van der Waals surface area contributed by atoms with Gasteiger partial charge in [-0.3, -0.25) is 4.79 Å². The summed E-state index contributed by atoms with van der Waals surface area (Å²) in [6.45, 7) is 3.45. The molecule has 1 saturated heterocycles. The number of aliphatic hydroxyl groups excluding tert-OH is 1. The summed E-state index contributed by atoms with van der Waals surface area (Å²) in [6, 6.07) is 1.61. The van der Waals surface area contributed by atoms with Crippen molar-refractivity contribution >= 4 is 11.9 Å². The Balaban J connectivity index is 1.51. The van der Waals surface area contributed by atoms with Gasteiger partial charge in [0.1, 0.15) is 0 Å². The lowest BCUT2D eigenvalue weighted by atomic mass is 9.82. The molecule has 2 atom stereocenters. The number of amides is 1. The quantitative estimate of drug-likeness (QED) is 0.880. The molecular formula is C17H26N4O2. The Morgan fingerprint density at radius 2 is 1.91 bits per heavy atom. The SMILES string of the molecule is CC1CCC(C(=O)NC2CCN(c3ncccn3)CC2O)CC1. The van der Waals surface area contributed by atoms with Crippen LogP contribution in [0.4, 0.5) is 5.95 Å². The van der Waals surface area contributed by atoms with E-state index < -0.39 is 6.10 Å². The molecule has 2 unspecified atom stereocenters. The molecule has 0 radical (unpaired) electrons. The fourth-order valence-corrected chi connectivity index (χ4v) is 3.56. The van der Waals surface area contributed by atoms with Gasteiger partial charge in [0.05, 0.1) is 12.1 Å². The summed E-state index contributed by atoms with van der Waals surface area (Å²) in [4.78, 5) is 22.8. The molecule has 3 rings (SSSR count). The predicted molar refractivity (Wildman–Crippen MR) is 87.9 cm³/mol. The van der Waals surface area contributed by atoms with Crippen molar-refractivity contribution in [2.45, 2.75) is 51.2 Å². The number of nitrogens with zero attached hydrogens (tertiary/aromatic N) is 3. The van der Waals surface area contributed by atoms with E-state index in [9.17, 15) is 9.90 Å². The number of piperidine rings is 1. The third-order valence-electron chi connectivity index (χ3n) is 5.13. The van der Waals surface area contributed by atoms with Crippen molar-refractivity contribution in [2.24, 2.45) is 11.8 Å². The van der Waals surface area contributed by atoms with E-state index in [1.54, 1.807) is 18.5 Å². The van der Waals surface area contributed by atoms with E-state index >= 15 is 0 Å². The zero-order valence-electron chi connectivity index (χ0n) is 13.7. The van der Waals surface area contributed by atoms with Gasteiger partial charge in [0.2, 0.25) is 11.9 Å². The van der Waals surface area contributed by atoms with Crippen LogP contribution in [-0.4, -0.2) is 46.2 Å². The van der Waals surface area contributed by atoms with Crippen molar-refractivity contribution in [3.05, 3.63) is 18.5 Å². The van der Waals surface area contributed by atoms with Crippen LogP contribution < -0.4 is 10.2 Å². The molecule has 1 amide bonds. The fraction of sp³-hybridized carbons (Fsp3) is 0.706. The van der Waals surface area contributed by atoms with Crippen LogP contribution in [0.3, 0.4) is 0 Å². The normalized spacial score (nSPS) is 31.7. The van der Waals surface area contributed by atoms with Gasteiger partial charge in [0.25, 0.3) is 0 Å². The Morgan fingerprint density at radius 3 is 2.57 bits per heavy atom. The van der Waals surface area contributed by atoms with Crippen LogP contribution in [0.1, 0.15) is 39.0 Å². The van der Waals surface area contributed by atoms with Crippen molar-refractivity contribution in [3.63, 3.8) is 0 Å². The molecular weight excluding hydrogens is 292 g/mol. The predicted octanol–water partition coefficient (Wildman–Crippen LogP) is 1.36. The number of rotatable bonds is 3. The summed E-state index contributed by atoms with van der Waals surface area (Å²) >= 11 is 0. The molecule has 23 heavy (non-hydrogen) atoms. The van der Waals surface area contributed by atoms with Gasteiger partial charge in [-0.15, -0.1) is 0 Å². The van der Waals surface area contributed by atoms with Gasteiger partial charge in [-0.1, -0.05) is 6.92 Å². The molecule has 1 aliphatic heterocycles. The second kappa shape index (κ2) is 7.25. The average Bonchev–Trinajstić information content (AvgIpc) is 2.58. The first-order valence-electron chi connectivity index (χ1n) is 8.64. The number of aliphatic hydroxyl groups is 1. The third kappa shape index (κ3) is 3.99. The van der Waals surface area contributed by atoms with Crippen molar-refractivity contribution in [1.29, 1.82) is 0 Å². The van der Waals surface area contributed by atoms with Gasteiger partial charge in [-0.05, 0) is 44.1 Å². The minimum atomic E-state index is -0.584. The van der Waals surface area contributed by atoms with E-state index in [-0.39, 0.29) is 17.9 Å². The molecule has 2 heterocycles. The van der Waals surface area contributed by atoms with Crippen molar-refractivity contribution in [3.8, 4) is 0 Å². The number of β-amino-alcohol motifs (C(OH)–C–C–N with tert-alkyl or cyclic N) is 1. The zero-order valence-corrected chi connectivity index (χ0v) is 13.7. The monoisotopic (exact) mass is 318 g/mol. The highest BCUT2D eigenvalue weighted by molar-refractivity contribution is 5.79. The maximum Gasteiger partial charge on any atom is 0.225 e. The number of nitrogens with one attached hydrogen (secondary N) is 1. The molecule has 1 saturated carbocycles. The summed E-state index contributed by atoms with van der Waals surface area (Å²) in [6.07, 6.45) is 7.74. The number of hydrogen-bond acceptors (Lipinski definition) is 5. The number of hydrogen-bond donors (Lipinski definition) is 2. The molecule has 0 bridgehead atoms.